The number of rotatable bonds is 3. The van der Waals surface area contributed by atoms with E-state index < -0.39 is 0 Å². The molecule has 0 saturated heterocycles. The van der Waals surface area contributed by atoms with E-state index in [-0.39, 0.29) is 0 Å². The fourth-order valence-electron chi connectivity index (χ4n) is 2.95. The van der Waals surface area contributed by atoms with E-state index in [0.717, 1.165) is 12.2 Å². The van der Waals surface area contributed by atoms with Gasteiger partial charge < -0.3 is 10.1 Å². The van der Waals surface area contributed by atoms with Gasteiger partial charge in [-0.3, -0.25) is 0 Å². The van der Waals surface area contributed by atoms with E-state index in [0.29, 0.717) is 12.1 Å². The Hall–Kier alpha value is -1.54. The predicted octanol–water partition coefficient (Wildman–Crippen LogP) is 3.75. The van der Waals surface area contributed by atoms with Gasteiger partial charge in [-0.25, -0.2) is 0 Å². The first-order valence-corrected chi connectivity index (χ1v) is 7.18. The van der Waals surface area contributed by atoms with Gasteiger partial charge in [-0.05, 0) is 55.6 Å². The summed E-state index contributed by atoms with van der Waals surface area (Å²) in [6.45, 7) is 0. The molecule has 2 unspecified atom stereocenters. The van der Waals surface area contributed by atoms with Gasteiger partial charge in [-0.2, -0.15) is 0 Å². The minimum Gasteiger partial charge on any atom is -0.490 e. The molecule has 100 valence electrons. The first-order valence-electron chi connectivity index (χ1n) is 7.18. The lowest BCUT2D eigenvalue weighted by Gasteiger charge is -2.29. The van der Waals surface area contributed by atoms with Gasteiger partial charge in [0.25, 0.3) is 0 Å². The summed E-state index contributed by atoms with van der Waals surface area (Å²) < 4.78 is 6.16. The van der Waals surface area contributed by atoms with Gasteiger partial charge >= 0.3 is 0 Å². The Labute approximate surface area is 114 Å². The smallest absolute Gasteiger partial charge is 0.120 e. The second-order valence-corrected chi connectivity index (χ2v) is 5.40. The second-order valence-electron chi connectivity index (χ2n) is 5.40. The molecule has 0 radical (unpaired) electrons. The van der Waals surface area contributed by atoms with Crippen molar-refractivity contribution < 1.29 is 4.74 Å². The zero-order valence-electron chi connectivity index (χ0n) is 11.4. The van der Waals surface area contributed by atoms with E-state index >= 15 is 0 Å². The standard InChI is InChI=1S/C17H21NO/c1-18-15-7-4-8-16(12-15)19-17-10-9-13-5-2-3-6-14(13)11-17/h2-3,5-6,9-11,15-16,18H,4,7-8,12H2,1H3. The molecule has 0 heterocycles. The zero-order chi connectivity index (χ0) is 13.1. The molecule has 1 fully saturated rings. The van der Waals surface area contributed by atoms with Gasteiger partial charge in [-0.15, -0.1) is 0 Å². The minimum atomic E-state index is 0.354. The Morgan fingerprint density at radius 1 is 1.05 bits per heavy atom. The highest BCUT2D eigenvalue weighted by Gasteiger charge is 2.21. The van der Waals surface area contributed by atoms with Gasteiger partial charge in [0.2, 0.25) is 0 Å². The molecule has 1 aliphatic carbocycles. The van der Waals surface area contributed by atoms with Crippen molar-refractivity contribution in [3.05, 3.63) is 42.5 Å². The van der Waals surface area contributed by atoms with Crippen LogP contribution in [-0.4, -0.2) is 19.2 Å². The van der Waals surface area contributed by atoms with Gasteiger partial charge in [-0.1, -0.05) is 30.3 Å². The van der Waals surface area contributed by atoms with Crippen molar-refractivity contribution in [3.63, 3.8) is 0 Å². The van der Waals surface area contributed by atoms with Gasteiger partial charge in [0.1, 0.15) is 11.9 Å². The number of hydrogen-bond acceptors (Lipinski definition) is 2. The average Bonchev–Trinajstić information content (AvgIpc) is 2.47. The summed E-state index contributed by atoms with van der Waals surface area (Å²) in [6.07, 6.45) is 5.17. The van der Waals surface area contributed by atoms with E-state index in [1.54, 1.807) is 0 Å². The minimum absolute atomic E-state index is 0.354. The molecule has 2 atom stereocenters. The molecule has 0 amide bonds. The Morgan fingerprint density at radius 2 is 1.89 bits per heavy atom. The fraction of sp³-hybridized carbons (Fsp3) is 0.412. The van der Waals surface area contributed by atoms with Crippen LogP contribution >= 0.6 is 0 Å². The highest BCUT2D eigenvalue weighted by atomic mass is 16.5. The monoisotopic (exact) mass is 255 g/mol. The molecule has 0 bridgehead atoms. The SMILES string of the molecule is CNC1CCCC(Oc2ccc3ccccc3c2)C1. The van der Waals surface area contributed by atoms with Crippen LogP contribution in [0.5, 0.6) is 5.75 Å². The molecule has 19 heavy (non-hydrogen) atoms. The summed E-state index contributed by atoms with van der Waals surface area (Å²) >= 11 is 0. The molecule has 2 aromatic rings. The normalized spacial score (nSPS) is 23.4. The first kappa shape index (κ1) is 12.5. The van der Waals surface area contributed by atoms with Crippen molar-refractivity contribution in [1.29, 1.82) is 0 Å². The Bertz CT molecular complexity index is 552. The van der Waals surface area contributed by atoms with Crippen LogP contribution in [-0.2, 0) is 0 Å². The van der Waals surface area contributed by atoms with E-state index in [9.17, 15) is 0 Å². The molecule has 2 nitrogen and oxygen atoms in total. The maximum absolute atomic E-state index is 6.16. The lowest BCUT2D eigenvalue weighted by atomic mass is 9.93. The molecule has 1 aliphatic rings. The third-order valence-electron chi connectivity index (χ3n) is 4.06. The van der Waals surface area contributed by atoms with Gasteiger partial charge in [0, 0.05) is 6.04 Å². The number of benzene rings is 2. The highest BCUT2D eigenvalue weighted by molar-refractivity contribution is 5.83. The van der Waals surface area contributed by atoms with Crippen LogP contribution in [0.3, 0.4) is 0 Å². The van der Waals surface area contributed by atoms with E-state index in [1.165, 1.54) is 30.0 Å². The van der Waals surface area contributed by atoms with Crippen LogP contribution in [0.15, 0.2) is 42.5 Å². The molecule has 2 aromatic carbocycles. The molecule has 3 rings (SSSR count). The number of fused-ring (bicyclic) bond motifs is 1. The Kier molecular flexibility index (Phi) is 3.69. The number of ether oxygens (including phenoxy) is 1. The molecule has 0 spiro atoms. The van der Waals surface area contributed by atoms with Crippen LogP contribution in [0.4, 0.5) is 0 Å². The molecule has 0 aromatic heterocycles. The summed E-state index contributed by atoms with van der Waals surface area (Å²) in [4.78, 5) is 0. The van der Waals surface area contributed by atoms with Crippen LogP contribution in [0.1, 0.15) is 25.7 Å². The lowest BCUT2D eigenvalue weighted by Crippen LogP contribution is -2.36. The van der Waals surface area contributed by atoms with Crippen LogP contribution in [0, 0.1) is 0 Å². The molecule has 1 N–H and O–H groups in total. The number of nitrogens with one attached hydrogen (secondary N) is 1. The third-order valence-corrected chi connectivity index (χ3v) is 4.06. The summed E-state index contributed by atoms with van der Waals surface area (Å²) in [7, 11) is 2.04. The van der Waals surface area contributed by atoms with Gasteiger partial charge in [0.05, 0.1) is 0 Å². The maximum Gasteiger partial charge on any atom is 0.120 e. The first-order chi connectivity index (χ1) is 9.35. The summed E-state index contributed by atoms with van der Waals surface area (Å²) in [5, 5.41) is 5.89. The van der Waals surface area contributed by atoms with Crippen molar-refractivity contribution in [2.45, 2.75) is 37.8 Å². The largest absolute Gasteiger partial charge is 0.490 e. The third kappa shape index (κ3) is 2.90. The number of hydrogen-bond donors (Lipinski definition) is 1. The maximum atomic E-state index is 6.16. The zero-order valence-corrected chi connectivity index (χ0v) is 11.4. The van der Waals surface area contributed by atoms with Gasteiger partial charge in [0.15, 0.2) is 0 Å². The predicted molar refractivity (Wildman–Crippen MR) is 79.7 cm³/mol. The van der Waals surface area contributed by atoms with Crippen molar-refractivity contribution in [3.8, 4) is 5.75 Å². The quantitative estimate of drug-likeness (QED) is 0.902. The van der Waals surface area contributed by atoms with Crippen molar-refractivity contribution >= 4 is 10.8 Å². The van der Waals surface area contributed by atoms with Crippen LogP contribution in [0.2, 0.25) is 0 Å². The second kappa shape index (κ2) is 5.62. The lowest BCUT2D eigenvalue weighted by molar-refractivity contribution is 0.137. The van der Waals surface area contributed by atoms with Crippen LogP contribution in [0.25, 0.3) is 10.8 Å². The summed E-state index contributed by atoms with van der Waals surface area (Å²) in [5.74, 6) is 1.00. The van der Waals surface area contributed by atoms with Crippen molar-refractivity contribution in [2.24, 2.45) is 0 Å². The molecule has 0 aliphatic heterocycles. The summed E-state index contributed by atoms with van der Waals surface area (Å²) in [5.41, 5.74) is 0. The molecular formula is C17H21NO. The van der Waals surface area contributed by atoms with E-state index in [2.05, 4.69) is 47.8 Å². The fourth-order valence-corrected chi connectivity index (χ4v) is 2.95. The topological polar surface area (TPSA) is 21.3 Å². The van der Waals surface area contributed by atoms with Crippen molar-refractivity contribution in [1.82, 2.24) is 5.32 Å². The Morgan fingerprint density at radius 3 is 2.74 bits per heavy atom. The summed E-state index contributed by atoms with van der Waals surface area (Å²) in [6, 6.07) is 15.4. The van der Waals surface area contributed by atoms with E-state index in [1.807, 2.05) is 7.05 Å². The van der Waals surface area contributed by atoms with Crippen molar-refractivity contribution in [2.75, 3.05) is 7.05 Å². The van der Waals surface area contributed by atoms with Crippen LogP contribution < -0.4 is 10.1 Å². The molecule has 1 saturated carbocycles. The molecular weight excluding hydrogens is 234 g/mol. The molecule has 2 heteroatoms. The highest BCUT2D eigenvalue weighted by Crippen LogP contribution is 2.26. The average molecular weight is 255 g/mol. The van der Waals surface area contributed by atoms with E-state index in [4.69, 9.17) is 4.74 Å². The Balaban J connectivity index is 1.74.